The van der Waals surface area contributed by atoms with E-state index in [1.165, 1.54) is 11.1 Å². The standard InChI is InChI=1S/C50H47N7O/c1-49(2,3)35-22-23-51-45(28-35)57-42-21-15-14-20-39(42)40-30-41(48-53-46(33-16-10-8-11-17-33)52-47(54-48)34-18-12-9-13-19-34)44(31-43(40)57)58-38-27-36(50(4,5)6)26-37(29-38)56-25-24-55(7)32-56/h8-31H,32H2,1-7H3. The lowest BCUT2D eigenvalue weighted by molar-refractivity contribution is 0.478. The average molecular weight is 762 g/mol. The Morgan fingerprint density at radius 1 is 0.569 bits per heavy atom. The Morgan fingerprint density at radius 3 is 1.84 bits per heavy atom. The molecule has 0 atom stereocenters. The molecule has 0 radical (unpaired) electrons. The van der Waals surface area contributed by atoms with E-state index in [1.54, 1.807) is 0 Å². The number of ether oxygens (including phenoxy) is 1. The lowest BCUT2D eigenvalue weighted by Gasteiger charge is -2.25. The monoisotopic (exact) mass is 761 g/mol. The van der Waals surface area contributed by atoms with Crippen molar-refractivity contribution in [3.8, 4) is 51.5 Å². The van der Waals surface area contributed by atoms with Gasteiger partial charge in [-0.2, -0.15) is 0 Å². The summed E-state index contributed by atoms with van der Waals surface area (Å²) in [7, 11) is 2.08. The molecule has 0 saturated heterocycles. The zero-order chi connectivity index (χ0) is 40.2. The SMILES string of the molecule is CN1C=CN(c2cc(Oc3cc4c(cc3-c3nc(-c5ccccc5)nc(-c5ccccc5)n3)c3ccccc3n4-c3cc(C(C)(C)C)ccn3)cc(C(C)(C)C)c2)C1. The van der Waals surface area contributed by atoms with Gasteiger partial charge in [-0.1, -0.05) is 120 Å². The van der Waals surface area contributed by atoms with Gasteiger partial charge in [0.1, 0.15) is 17.3 Å². The predicted octanol–water partition coefficient (Wildman–Crippen LogP) is 11.9. The predicted molar refractivity (Wildman–Crippen MR) is 236 cm³/mol. The van der Waals surface area contributed by atoms with Crippen LogP contribution in [0.5, 0.6) is 11.5 Å². The average Bonchev–Trinajstić information content (AvgIpc) is 3.81. The van der Waals surface area contributed by atoms with Crippen molar-refractivity contribution < 1.29 is 4.74 Å². The smallest absolute Gasteiger partial charge is 0.167 e. The highest BCUT2D eigenvalue weighted by Crippen LogP contribution is 2.43. The maximum absolute atomic E-state index is 7.19. The Morgan fingerprint density at radius 2 is 1.21 bits per heavy atom. The fourth-order valence-corrected chi connectivity index (χ4v) is 7.50. The molecule has 8 heteroatoms. The molecule has 0 amide bonds. The van der Waals surface area contributed by atoms with Crippen molar-refractivity contribution in [2.24, 2.45) is 0 Å². The minimum Gasteiger partial charge on any atom is -0.456 e. The van der Waals surface area contributed by atoms with E-state index in [4.69, 9.17) is 24.7 Å². The van der Waals surface area contributed by atoms with Crippen molar-refractivity contribution in [3.63, 3.8) is 0 Å². The number of rotatable bonds is 7. The summed E-state index contributed by atoms with van der Waals surface area (Å²) in [6, 6.07) is 43.8. The lowest BCUT2D eigenvalue weighted by Crippen LogP contribution is -2.22. The summed E-state index contributed by atoms with van der Waals surface area (Å²) >= 11 is 0. The molecule has 8 aromatic rings. The molecule has 1 aliphatic rings. The normalized spacial score (nSPS) is 13.2. The van der Waals surface area contributed by atoms with Gasteiger partial charge in [-0.15, -0.1) is 0 Å². The van der Waals surface area contributed by atoms with E-state index >= 15 is 0 Å². The van der Waals surface area contributed by atoms with E-state index in [-0.39, 0.29) is 10.8 Å². The molecule has 5 aromatic carbocycles. The van der Waals surface area contributed by atoms with Crippen LogP contribution in [-0.4, -0.2) is 43.1 Å². The van der Waals surface area contributed by atoms with Crippen LogP contribution in [0.3, 0.4) is 0 Å². The van der Waals surface area contributed by atoms with E-state index < -0.39 is 0 Å². The van der Waals surface area contributed by atoms with Gasteiger partial charge in [0, 0.05) is 65.4 Å². The van der Waals surface area contributed by atoms with Crippen LogP contribution < -0.4 is 9.64 Å². The molecule has 3 aromatic heterocycles. The van der Waals surface area contributed by atoms with E-state index in [1.807, 2.05) is 66.9 Å². The summed E-state index contributed by atoms with van der Waals surface area (Å²) in [5.41, 5.74) is 7.82. The maximum Gasteiger partial charge on any atom is 0.167 e. The third-order valence-electron chi connectivity index (χ3n) is 10.7. The largest absolute Gasteiger partial charge is 0.456 e. The number of benzene rings is 5. The van der Waals surface area contributed by atoms with Gasteiger partial charge >= 0.3 is 0 Å². The second-order valence-corrected chi connectivity index (χ2v) is 17.1. The summed E-state index contributed by atoms with van der Waals surface area (Å²) in [5, 5.41) is 2.13. The lowest BCUT2D eigenvalue weighted by atomic mass is 9.86. The van der Waals surface area contributed by atoms with Crippen LogP contribution in [-0.2, 0) is 10.8 Å². The van der Waals surface area contributed by atoms with Gasteiger partial charge in [0.15, 0.2) is 17.5 Å². The molecule has 0 unspecified atom stereocenters. The highest BCUT2D eigenvalue weighted by atomic mass is 16.5. The van der Waals surface area contributed by atoms with Gasteiger partial charge in [0.05, 0.1) is 23.3 Å². The molecule has 0 aliphatic carbocycles. The van der Waals surface area contributed by atoms with E-state index in [0.717, 1.165) is 62.4 Å². The van der Waals surface area contributed by atoms with Crippen molar-refractivity contribution in [2.45, 2.75) is 52.4 Å². The van der Waals surface area contributed by atoms with Gasteiger partial charge in [-0.3, -0.25) is 4.57 Å². The fourth-order valence-electron chi connectivity index (χ4n) is 7.50. The first kappa shape index (κ1) is 36.8. The van der Waals surface area contributed by atoms with Gasteiger partial charge in [-0.05, 0) is 58.4 Å². The number of pyridine rings is 1. The maximum atomic E-state index is 7.19. The quantitative estimate of drug-likeness (QED) is 0.160. The number of para-hydroxylation sites is 1. The van der Waals surface area contributed by atoms with Crippen molar-refractivity contribution >= 4 is 27.5 Å². The van der Waals surface area contributed by atoms with Crippen LogP contribution in [0.25, 0.3) is 61.8 Å². The van der Waals surface area contributed by atoms with Gasteiger partial charge in [0.2, 0.25) is 0 Å². The minimum absolute atomic E-state index is 0.0569. The van der Waals surface area contributed by atoms with Crippen molar-refractivity contribution in [1.82, 2.24) is 29.4 Å². The Balaban J connectivity index is 1.33. The summed E-state index contributed by atoms with van der Waals surface area (Å²) in [6.45, 7) is 14.1. The molecular formula is C50H47N7O. The second-order valence-electron chi connectivity index (χ2n) is 17.1. The third kappa shape index (κ3) is 7.06. The summed E-state index contributed by atoms with van der Waals surface area (Å²) in [6.07, 6.45) is 6.11. The third-order valence-corrected chi connectivity index (χ3v) is 10.7. The summed E-state index contributed by atoms with van der Waals surface area (Å²) in [4.78, 5) is 24.7. The van der Waals surface area contributed by atoms with Crippen molar-refractivity contribution in [2.75, 3.05) is 18.6 Å². The Bertz CT molecular complexity index is 2770. The van der Waals surface area contributed by atoms with E-state index in [9.17, 15) is 0 Å². The van der Waals surface area contributed by atoms with Crippen LogP contribution in [0.2, 0.25) is 0 Å². The number of hydrogen-bond acceptors (Lipinski definition) is 7. The van der Waals surface area contributed by atoms with Crippen LogP contribution in [0, 0.1) is 0 Å². The highest BCUT2D eigenvalue weighted by molar-refractivity contribution is 6.11. The zero-order valence-corrected chi connectivity index (χ0v) is 34.1. The fraction of sp³-hybridized carbons (Fsp3) is 0.200. The molecule has 0 fully saturated rings. The molecule has 0 saturated carbocycles. The zero-order valence-electron chi connectivity index (χ0n) is 34.1. The number of aromatic nitrogens is 5. The van der Waals surface area contributed by atoms with Crippen molar-refractivity contribution in [3.05, 3.63) is 157 Å². The number of anilines is 1. The Kier molecular flexibility index (Phi) is 9.07. The van der Waals surface area contributed by atoms with Gasteiger partial charge in [0.25, 0.3) is 0 Å². The molecule has 288 valence electrons. The molecule has 0 bridgehead atoms. The first-order valence-electron chi connectivity index (χ1n) is 19.8. The van der Waals surface area contributed by atoms with Gasteiger partial charge < -0.3 is 14.5 Å². The first-order valence-corrected chi connectivity index (χ1v) is 19.8. The molecule has 58 heavy (non-hydrogen) atoms. The van der Waals surface area contributed by atoms with Crippen LogP contribution >= 0.6 is 0 Å². The Hall–Kier alpha value is -6.80. The minimum atomic E-state index is -0.129. The van der Waals surface area contributed by atoms with Crippen LogP contribution in [0.4, 0.5) is 5.69 Å². The first-order chi connectivity index (χ1) is 27.9. The van der Waals surface area contributed by atoms with Gasteiger partial charge in [-0.25, -0.2) is 19.9 Å². The second kappa shape index (κ2) is 14.3. The van der Waals surface area contributed by atoms with Crippen LogP contribution in [0.15, 0.2) is 146 Å². The number of nitrogens with zero attached hydrogens (tertiary/aromatic N) is 7. The van der Waals surface area contributed by atoms with E-state index in [0.29, 0.717) is 23.2 Å². The van der Waals surface area contributed by atoms with Crippen LogP contribution in [0.1, 0.15) is 52.7 Å². The molecule has 0 N–H and O–H groups in total. The topological polar surface area (TPSA) is 72.2 Å². The molecule has 1 aliphatic heterocycles. The molecule has 9 rings (SSSR count). The summed E-state index contributed by atoms with van der Waals surface area (Å²) in [5.74, 6) is 3.88. The molecular weight excluding hydrogens is 715 g/mol. The number of fused-ring (bicyclic) bond motifs is 3. The molecule has 0 spiro atoms. The summed E-state index contributed by atoms with van der Waals surface area (Å²) < 4.78 is 9.44. The van der Waals surface area contributed by atoms with Crippen molar-refractivity contribution in [1.29, 1.82) is 0 Å². The van der Waals surface area contributed by atoms with E-state index in [2.05, 4.69) is 142 Å². The molecule has 8 nitrogen and oxygen atoms in total. The highest BCUT2D eigenvalue weighted by Gasteiger charge is 2.24. The number of hydrogen-bond donors (Lipinski definition) is 0. The Labute approximate surface area is 340 Å². The molecule has 4 heterocycles.